The van der Waals surface area contributed by atoms with Crippen molar-refractivity contribution in [1.29, 1.82) is 0 Å². The molecule has 0 atom stereocenters. The lowest BCUT2D eigenvalue weighted by molar-refractivity contribution is -0.305. The molecule has 0 unspecified atom stereocenters. The van der Waals surface area contributed by atoms with E-state index < -0.39 is 5.97 Å². The Kier molecular flexibility index (Phi) is 87.5. The first-order valence-corrected chi connectivity index (χ1v) is 5.04. The summed E-state index contributed by atoms with van der Waals surface area (Å²) in [6, 6.07) is 0. The van der Waals surface area contributed by atoms with Crippen molar-refractivity contribution in [3.8, 4) is 0 Å². The largest absolute Gasteiger partial charge is 0.550 e. The monoisotopic (exact) mass is 243 g/mol. The molecule has 0 aliphatic rings. The molecular formula is C10H29NO5. The van der Waals surface area contributed by atoms with Crippen molar-refractivity contribution in [3.63, 3.8) is 0 Å². The van der Waals surface area contributed by atoms with E-state index >= 15 is 0 Å². The van der Waals surface area contributed by atoms with Crippen LogP contribution < -0.4 is 11.3 Å². The van der Waals surface area contributed by atoms with E-state index in [4.69, 9.17) is 15.3 Å². The van der Waals surface area contributed by atoms with Gasteiger partial charge in [-0.15, -0.1) is 0 Å². The highest BCUT2D eigenvalue weighted by molar-refractivity contribution is 5.63. The molecule has 6 nitrogen and oxygen atoms in total. The molecule has 0 saturated carbocycles. The Bertz CT molecular complexity index is 86.5. The maximum absolute atomic E-state index is 9.49. The van der Waals surface area contributed by atoms with Crippen molar-refractivity contribution in [2.45, 2.75) is 40.5 Å². The summed E-state index contributed by atoms with van der Waals surface area (Å²) in [5.74, 6) is -0.961. The predicted octanol–water partition coefficient (Wildman–Crippen LogP) is -0.0916. The standard InChI is InChI=1S/C4H8O2.3C2H6O.H3N/c1-2-3-4(5)6;3*1-2-3;/h2-3H2,1H3,(H,5,6);3*3H,2H2,1H3;1H3. The molecule has 0 aromatic rings. The molecule has 0 aliphatic carbocycles. The van der Waals surface area contributed by atoms with Crippen molar-refractivity contribution < 1.29 is 25.2 Å². The fourth-order valence-corrected chi connectivity index (χ4v) is 0.204. The lowest BCUT2D eigenvalue weighted by Crippen LogP contribution is -2.20. The van der Waals surface area contributed by atoms with Crippen LogP contribution in [-0.4, -0.2) is 41.1 Å². The Morgan fingerprint density at radius 2 is 1.12 bits per heavy atom. The van der Waals surface area contributed by atoms with E-state index in [2.05, 4.69) is 0 Å². The normalized spacial score (nSPS) is 6.44. The van der Waals surface area contributed by atoms with Crippen molar-refractivity contribution in [2.24, 2.45) is 0 Å². The first-order valence-electron chi connectivity index (χ1n) is 5.04. The molecule has 7 N–H and O–H groups in total. The van der Waals surface area contributed by atoms with Gasteiger partial charge in [-0.1, -0.05) is 13.3 Å². The van der Waals surface area contributed by atoms with Crippen molar-refractivity contribution >= 4 is 5.97 Å². The van der Waals surface area contributed by atoms with Gasteiger partial charge in [0.25, 0.3) is 0 Å². The zero-order valence-corrected chi connectivity index (χ0v) is 11.2. The second kappa shape index (κ2) is 47.4. The number of carboxylic acid groups (broad SMARTS) is 1. The fraction of sp³-hybridized carbons (Fsp3) is 0.900. The molecule has 0 heterocycles. The van der Waals surface area contributed by atoms with E-state index in [1.165, 1.54) is 0 Å². The molecule has 0 rings (SSSR count). The molecule has 6 heteroatoms. The van der Waals surface area contributed by atoms with Gasteiger partial charge in [0.2, 0.25) is 0 Å². The van der Waals surface area contributed by atoms with Crippen LogP contribution in [0.5, 0.6) is 0 Å². The lowest BCUT2D eigenvalue weighted by atomic mass is 10.4. The fourth-order valence-electron chi connectivity index (χ4n) is 0.204. The average Bonchev–Trinajstić information content (AvgIpc) is 2.07. The van der Waals surface area contributed by atoms with Gasteiger partial charge in [-0.2, -0.15) is 0 Å². The number of carboxylic acids is 1. The summed E-state index contributed by atoms with van der Waals surface area (Å²) >= 11 is 0. The first kappa shape index (κ1) is 29.5. The van der Waals surface area contributed by atoms with E-state index in [1.807, 2.05) is 0 Å². The molecule has 0 radical (unpaired) electrons. The molecule has 0 aromatic heterocycles. The zero-order chi connectivity index (χ0) is 13.1. The smallest absolute Gasteiger partial charge is 0.0414 e. The van der Waals surface area contributed by atoms with Gasteiger partial charge in [0, 0.05) is 25.8 Å². The molecule has 0 bridgehead atoms. The summed E-state index contributed by atoms with van der Waals surface area (Å²) in [7, 11) is 0. The Balaban J connectivity index is -0.0000000353. The van der Waals surface area contributed by atoms with Crippen LogP contribution in [0.25, 0.3) is 0 Å². The number of aliphatic carboxylic acids is 1. The van der Waals surface area contributed by atoms with Crippen LogP contribution in [0.2, 0.25) is 0 Å². The first-order chi connectivity index (χ1) is 7.01. The lowest BCUT2D eigenvalue weighted by Gasteiger charge is -1.92. The highest BCUT2D eigenvalue weighted by Crippen LogP contribution is 1.79. The predicted molar refractivity (Wildman–Crippen MR) is 64.2 cm³/mol. The van der Waals surface area contributed by atoms with Crippen LogP contribution in [0.15, 0.2) is 0 Å². The number of hydrogen-bond acceptors (Lipinski definition) is 5. The number of carbonyl (C=O) groups excluding carboxylic acids is 1. The van der Waals surface area contributed by atoms with Crippen LogP contribution in [0.4, 0.5) is 0 Å². The Labute approximate surface area is 98.5 Å². The van der Waals surface area contributed by atoms with Gasteiger partial charge < -0.3 is 31.4 Å². The minimum Gasteiger partial charge on any atom is -0.550 e. The van der Waals surface area contributed by atoms with Crippen molar-refractivity contribution in [1.82, 2.24) is 6.15 Å². The van der Waals surface area contributed by atoms with E-state index in [0.717, 1.165) is 0 Å². The maximum atomic E-state index is 9.49. The molecule has 0 aromatic carbocycles. The van der Waals surface area contributed by atoms with Crippen LogP contribution in [0.1, 0.15) is 40.5 Å². The van der Waals surface area contributed by atoms with E-state index in [1.54, 1.807) is 27.7 Å². The maximum Gasteiger partial charge on any atom is 0.0414 e. The van der Waals surface area contributed by atoms with Gasteiger partial charge in [0.15, 0.2) is 0 Å². The van der Waals surface area contributed by atoms with Crippen molar-refractivity contribution in [2.75, 3.05) is 19.8 Å². The molecular weight excluding hydrogens is 214 g/mol. The zero-order valence-electron chi connectivity index (χ0n) is 11.2. The van der Waals surface area contributed by atoms with Gasteiger partial charge in [-0.25, -0.2) is 0 Å². The van der Waals surface area contributed by atoms with Crippen LogP contribution in [-0.2, 0) is 4.79 Å². The summed E-state index contributed by atoms with van der Waals surface area (Å²) in [4.78, 5) is 9.49. The van der Waals surface area contributed by atoms with Gasteiger partial charge in [-0.05, 0) is 27.2 Å². The number of carbonyl (C=O) groups is 1. The third kappa shape index (κ3) is 378. The summed E-state index contributed by atoms with van der Waals surface area (Å²) in [5.41, 5.74) is 0. The number of aliphatic hydroxyl groups excluding tert-OH is 3. The molecule has 0 aliphatic heterocycles. The Morgan fingerprint density at radius 3 is 1.12 bits per heavy atom. The third-order valence-electron chi connectivity index (χ3n) is 0.454. The second-order valence-corrected chi connectivity index (χ2v) is 2.07. The molecule has 16 heavy (non-hydrogen) atoms. The van der Waals surface area contributed by atoms with Crippen LogP contribution >= 0.6 is 0 Å². The molecule has 0 fully saturated rings. The Hall–Kier alpha value is -0.690. The van der Waals surface area contributed by atoms with E-state index in [0.29, 0.717) is 6.42 Å². The summed E-state index contributed by atoms with van der Waals surface area (Å²) in [6.45, 7) is 7.59. The third-order valence-corrected chi connectivity index (χ3v) is 0.454. The van der Waals surface area contributed by atoms with Gasteiger partial charge in [-0.3, -0.25) is 0 Å². The molecule has 0 saturated heterocycles. The van der Waals surface area contributed by atoms with Crippen molar-refractivity contribution in [3.05, 3.63) is 0 Å². The van der Waals surface area contributed by atoms with Gasteiger partial charge >= 0.3 is 0 Å². The quantitative estimate of drug-likeness (QED) is 0.537. The second-order valence-electron chi connectivity index (χ2n) is 2.07. The minimum atomic E-state index is -0.961. The summed E-state index contributed by atoms with van der Waals surface area (Å²) < 4.78 is 0. The highest BCUT2D eigenvalue weighted by atomic mass is 16.4. The molecule has 0 spiro atoms. The van der Waals surface area contributed by atoms with Gasteiger partial charge in [0.1, 0.15) is 0 Å². The SMILES string of the molecule is CCCC(=O)[O-].CCO.CCO.CCO.[NH4+]. The molecule has 0 amide bonds. The van der Waals surface area contributed by atoms with E-state index in [9.17, 15) is 9.90 Å². The summed E-state index contributed by atoms with van der Waals surface area (Å²) in [6.07, 6.45) is 0.850. The van der Waals surface area contributed by atoms with E-state index in [-0.39, 0.29) is 32.4 Å². The highest BCUT2D eigenvalue weighted by Gasteiger charge is 1.75. The average molecular weight is 243 g/mol. The minimum absolute atomic E-state index is 0. The van der Waals surface area contributed by atoms with Gasteiger partial charge in [0.05, 0.1) is 0 Å². The van der Waals surface area contributed by atoms with Crippen LogP contribution in [0.3, 0.4) is 0 Å². The number of hydrogen-bond donors (Lipinski definition) is 4. The number of aliphatic hydroxyl groups is 3. The summed E-state index contributed by atoms with van der Waals surface area (Å²) in [5, 5.41) is 32.2. The Morgan fingerprint density at radius 1 is 0.938 bits per heavy atom. The van der Waals surface area contributed by atoms with Crippen LogP contribution in [0, 0.1) is 0 Å². The number of quaternary nitrogens is 1. The topological polar surface area (TPSA) is 137 Å². The number of rotatable bonds is 2. The molecule has 104 valence electrons.